The van der Waals surface area contributed by atoms with Crippen LogP contribution in [0.3, 0.4) is 0 Å². The average Bonchev–Trinajstić information content (AvgIpc) is 2.24. The molecule has 1 atom stereocenters. The van der Waals surface area contributed by atoms with E-state index in [2.05, 4.69) is 0 Å². The molecule has 1 saturated heterocycles. The number of nitriles is 1. The van der Waals surface area contributed by atoms with E-state index in [1.807, 2.05) is 25.7 Å². The molecule has 1 aliphatic rings. The van der Waals surface area contributed by atoms with Crippen LogP contribution in [0.5, 0.6) is 0 Å². The van der Waals surface area contributed by atoms with Gasteiger partial charge in [-0.1, -0.05) is 0 Å². The molecule has 0 spiro atoms. The lowest BCUT2D eigenvalue weighted by Crippen LogP contribution is -2.42. The normalized spacial score (nSPS) is 31.3. The Kier molecular flexibility index (Phi) is 2.78. The van der Waals surface area contributed by atoms with Gasteiger partial charge in [-0.15, -0.1) is 0 Å². The second-order valence-corrected chi connectivity index (χ2v) is 11.3. The lowest BCUT2D eigenvalue weighted by atomic mass is 10.1. The van der Waals surface area contributed by atoms with Crippen LogP contribution < -0.4 is 0 Å². The largest absolute Gasteiger partial charge is 0.399 e. The van der Waals surface area contributed by atoms with Gasteiger partial charge in [-0.2, -0.15) is 5.26 Å². The number of nitrogens with zero attached hydrogens (tertiary/aromatic N) is 1. The highest BCUT2D eigenvalue weighted by molar-refractivity contribution is 7.91. The molecule has 1 unspecified atom stereocenters. The number of hydrogen-bond donors (Lipinski definition) is 0. The third kappa shape index (κ3) is 2.80. The molecule has 0 aromatic heterocycles. The summed E-state index contributed by atoms with van der Waals surface area (Å²) in [5.41, 5.74) is -1.07. The molecule has 1 fully saturated rings. The minimum atomic E-state index is -3.06. The maximum absolute atomic E-state index is 11.3. The third-order valence-electron chi connectivity index (χ3n) is 1.98. The smallest absolute Gasteiger partial charge is 0.185 e. The van der Waals surface area contributed by atoms with Crippen molar-refractivity contribution in [1.29, 1.82) is 5.26 Å². The van der Waals surface area contributed by atoms with Gasteiger partial charge in [0.15, 0.2) is 23.8 Å². The summed E-state index contributed by atoms with van der Waals surface area (Å²) in [4.78, 5) is 0. The molecule has 0 saturated carbocycles. The van der Waals surface area contributed by atoms with E-state index >= 15 is 0 Å². The molecule has 0 N–H and O–H groups in total. The topological polar surface area (TPSA) is 67.2 Å². The zero-order valence-electron chi connectivity index (χ0n) is 8.70. The highest BCUT2D eigenvalue weighted by atomic mass is 32.2. The molecule has 4 nitrogen and oxygen atoms in total. The van der Waals surface area contributed by atoms with Crippen molar-refractivity contribution in [2.75, 3.05) is 11.5 Å². The molecular formula is C8H15NO3SSi. The van der Waals surface area contributed by atoms with Gasteiger partial charge in [-0.05, 0) is 19.6 Å². The molecule has 0 aromatic rings. The zero-order chi connectivity index (χ0) is 11.0. The summed E-state index contributed by atoms with van der Waals surface area (Å²) in [5, 5.41) is 8.99. The Balaban J connectivity index is 2.88. The fraction of sp³-hybridized carbons (Fsp3) is 0.875. The second-order valence-electron chi connectivity index (χ2n) is 4.66. The summed E-state index contributed by atoms with van der Waals surface area (Å²) >= 11 is 0. The Bertz CT molecular complexity index is 365. The maximum Gasteiger partial charge on any atom is 0.185 e. The van der Waals surface area contributed by atoms with Gasteiger partial charge >= 0.3 is 0 Å². The van der Waals surface area contributed by atoms with Gasteiger partial charge < -0.3 is 4.43 Å². The molecule has 80 valence electrons. The maximum atomic E-state index is 11.3. The van der Waals surface area contributed by atoms with Crippen molar-refractivity contribution >= 4 is 18.2 Å². The molecule has 1 heterocycles. The van der Waals surface area contributed by atoms with Crippen molar-refractivity contribution in [2.45, 2.75) is 31.7 Å². The highest BCUT2D eigenvalue weighted by Crippen LogP contribution is 2.29. The van der Waals surface area contributed by atoms with Crippen LogP contribution in [-0.4, -0.2) is 33.8 Å². The zero-order valence-corrected chi connectivity index (χ0v) is 10.5. The third-order valence-corrected chi connectivity index (χ3v) is 4.71. The number of rotatable bonds is 2. The molecule has 0 amide bonds. The first-order valence-electron chi connectivity index (χ1n) is 4.50. The minimum absolute atomic E-state index is 0.0744. The van der Waals surface area contributed by atoms with Crippen LogP contribution in [0.4, 0.5) is 0 Å². The van der Waals surface area contributed by atoms with Crippen LogP contribution in [0, 0.1) is 11.3 Å². The highest BCUT2D eigenvalue weighted by Gasteiger charge is 2.46. The lowest BCUT2D eigenvalue weighted by molar-refractivity contribution is 0.148. The van der Waals surface area contributed by atoms with Gasteiger partial charge in [-0.3, -0.25) is 0 Å². The molecule has 0 aromatic carbocycles. The van der Waals surface area contributed by atoms with Crippen molar-refractivity contribution in [1.82, 2.24) is 0 Å². The van der Waals surface area contributed by atoms with Gasteiger partial charge in [0.25, 0.3) is 0 Å². The van der Waals surface area contributed by atoms with Crippen molar-refractivity contribution in [3.8, 4) is 6.07 Å². The monoisotopic (exact) mass is 233 g/mol. The van der Waals surface area contributed by atoms with E-state index in [0.717, 1.165) is 0 Å². The molecule has 0 aliphatic carbocycles. The van der Waals surface area contributed by atoms with E-state index in [0.29, 0.717) is 6.42 Å². The summed E-state index contributed by atoms with van der Waals surface area (Å²) in [7, 11) is -4.93. The Hall–Kier alpha value is -0.383. The van der Waals surface area contributed by atoms with Crippen molar-refractivity contribution < 1.29 is 12.8 Å². The molecule has 1 rings (SSSR count). The van der Waals surface area contributed by atoms with Crippen LogP contribution in [0.15, 0.2) is 0 Å². The van der Waals surface area contributed by atoms with Crippen molar-refractivity contribution in [2.24, 2.45) is 0 Å². The van der Waals surface area contributed by atoms with E-state index < -0.39 is 23.8 Å². The van der Waals surface area contributed by atoms with E-state index in [1.54, 1.807) is 0 Å². The molecule has 14 heavy (non-hydrogen) atoms. The molecule has 0 radical (unpaired) electrons. The van der Waals surface area contributed by atoms with Gasteiger partial charge in [0.05, 0.1) is 17.6 Å². The Labute approximate surface area is 85.9 Å². The van der Waals surface area contributed by atoms with E-state index in [-0.39, 0.29) is 11.5 Å². The summed E-state index contributed by atoms with van der Waals surface area (Å²) < 4.78 is 28.2. The van der Waals surface area contributed by atoms with Crippen LogP contribution in [0.2, 0.25) is 19.6 Å². The Morgan fingerprint density at radius 3 is 2.29 bits per heavy atom. The van der Waals surface area contributed by atoms with E-state index in [1.165, 1.54) is 0 Å². The van der Waals surface area contributed by atoms with Crippen molar-refractivity contribution in [3.63, 3.8) is 0 Å². The lowest BCUT2D eigenvalue weighted by Gasteiger charge is -2.28. The van der Waals surface area contributed by atoms with Crippen LogP contribution in [-0.2, 0) is 14.3 Å². The summed E-state index contributed by atoms with van der Waals surface area (Å²) in [6.07, 6.45) is 0.316. The predicted octanol–water partition coefficient (Wildman–Crippen LogP) is 0.919. The Morgan fingerprint density at radius 1 is 1.43 bits per heavy atom. The number of sulfone groups is 1. The van der Waals surface area contributed by atoms with Crippen LogP contribution >= 0.6 is 0 Å². The SMILES string of the molecule is C[Si](C)(C)OC1(C#N)CCS(=O)(=O)C1. The summed E-state index contributed by atoms with van der Waals surface area (Å²) in [5.74, 6) is -0.0637. The Morgan fingerprint density at radius 2 is 2.00 bits per heavy atom. The first-order valence-corrected chi connectivity index (χ1v) is 9.73. The van der Waals surface area contributed by atoms with Crippen molar-refractivity contribution in [3.05, 3.63) is 0 Å². The minimum Gasteiger partial charge on any atom is -0.399 e. The first-order chi connectivity index (χ1) is 6.18. The van der Waals surface area contributed by atoms with E-state index in [9.17, 15) is 8.42 Å². The van der Waals surface area contributed by atoms with E-state index in [4.69, 9.17) is 9.69 Å². The average molecular weight is 233 g/mol. The predicted molar refractivity (Wildman–Crippen MR) is 56.0 cm³/mol. The summed E-state index contributed by atoms with van der Waals surface area (Å²) in [6, 6.07) is 2.02. The molecule has 0 bridgehead atoms. The quantitative estimate of drug-likeness (QED) is 0.665. The van der Waals surface area contributed by atoms with Crippen LogP contribution in [0.25, 0.3) is 0 Å². The van der Waals surface area contributed by atoms with Gasteiger partial charge in [-0.25, -0.2) is 8.42 Å². The van der Waals surface area contributed by atoms with Gasteiger partial charge in [0, 0.05) is 6.42 Å². The van der Waals surface area contributed by atoms with Gasteiger partial charge in [0.1, 0.15) is 0 Å². The second kappa shape index (κ2) is 3.33. The number of hydrogen-bond acceptors (Lipinski definition) is 4. The summed E-state index contributed by atoms with van der Waals surface area (Å²) in [6.45, 7) is 5.87. The van der Waals surface area contributed by atoms with Crippen LogP contribution in [0.1, 0.15) is 6.42 Å². The first kappa shape index (κ1) is 11.7. The molecule has 6 heteroatoms. The van der Waals surface area contributed by atoms with Gasteiger partial charge in [0.2, 0.25) is 0 Å². The fourth-order valence-electron chi connectivity index (χ4n) is 1.60. The molecular weight excluding hydrogens is 218 g/mol. The standard InChI is InChI=1S/C8H15NO3SSi/c1-14(2,3)12-8(6-9)4-5-13(10,11)7-8/h4-5,7H2,1-3H3. The fourth-order valence-corrected chi connectivity index (χ4v) is 4.86. The molecule has 1 aliphatic heterocycles.